The van der Waals surface area contributed by atoms with Crippen LogP contribution in [0.5, 0.6) is 28.7 Å². The lowest BCUT2D eigenvalue weighted by atomic mass is 10.2. The molecule has 0 bridgehead atoms. The minimum absolute atomic E-state index is 0.566. The standard InChI is InChI=1S/C18H23NO5/c1-20-14-7-6-12(8-15(14)21-2)11-19-13-9-16(22-3)18(24-5)17(10-13)23-4/h6-10,19H,11H2,1-5H3. The number of nitrogens with one attached hydrogen (secondary N) is 1. The minimum Gasteiger partial charge on any atom is -0.493 e. The summed E-state index contributed by atoms with van der Waals surface area (Å²) >= 11 is 0. The Morgan fingerprint density at radius 2 is 1.25 bits per heavy atom. The van der Waals surface area contributed by atoms with Crippen molar-refractivity contribution in [1.82, 2.24) is 0 Å². The van der Waals surface area contributed by atoms with Gasteiger partial charge in [0.05, 0.1) is 35.5 Å². The first-order valence-electron chi connectivity index (χ1n) is 7.41. The topological polar surface area (TPSA) is 58.2 Å². The predicted octanol–water partition coefficient (Wildman–Crippen LogP) is 3.34. The van der Waals surface area contributed by atoms with E-state index in [0.29, 0.717) is 35.3 Å². The first kappa shape index (κ1) is 17.6. The smallest absolute Gasteiger partial charge is 0.203 e. The lowest BCUT2D eigenvalue weighted by molar-refractivity contribution is 0.324. The van der Waals surface area contributed by atoms with Crippen molar-refractivity contribution in [3.05, 3.63) is 35.9 Å². The van der Waals surface area contributed by atoms with Crippen molar-refractivity contribution >= 4 is 5.69 Å². The van der Waals surface area contributed by atoms with Gasteiger partial charge in [-0.1, -0.05) is 6.07 Å². The van der Waals surface area contributed by atoms with Crippen LogP contribution in [0.1, 0.15) is 5.56 Å². The molecule has 0 amide bonds. The molecule has 0 saturated heterocycles. The van der Waals surface area contributed by atoms with Gasteiger partial charge in [0.15, 0.2) is 23.0 Å². The van der Waals surface area contributed by atoms with Crippen LogP contribution in [0.3, 0.4) is 0 Å². The summed E-state index contributed by atoms with van der Waals surface area (Å²) in [5, 5.41) is 3.34. The van der Waals surface area contributed by atoms with E-state index in [1.165, 1.54) is 0 Å². The molecule has 0 fully saturated rings. The molecule has 130 valence electrons. The summed E-state index contributed by atoms with van der Waals surface area (Å²) in [6.07, 6.45) is 0. The number of rotatable bonds is 8. The van der Waals surface area contributed by atoms with Crippen LogP contribution in [0, 0.1) is 0 Å². The van der Waals surface area contributed by atoms with Crippen molar-refractivity contribution < 1.29 is 23.7 Å². The normalized spacial score (nSPS) is 10.0. The lowest BCUT2D eigenvalue weighted by Gasteiger charge is -2.15. The van der Waals surface area contributed by atoms with Gasteiger partial charge in [-0.15, -0.1) is 0 Å². The molecule has 2 aromatic rings. The van der Waals surface area contributed by atoms with E-state index in [0.717, 1.165) is 11.3 Å². The Labute approximate surface area is 142 Å². The van der Waals surface area contributed by atoms with Crippen LogP contribution in [-0.2, 0) is 6.54 Å². The molecule has 1 N–H and O–H groups in total. The fraction of sp³-hybridized carbons (Fsp3) is 0.333. The molecule has 0 aliphatic heterocycles. The van der Waals surface area contributed by atoms with Gasteiger partial charge in [-0.25, -0.2) is 0 Å². The van der Waals surface area contributed by atoms with Crippen LogP contribution in [0.4, 0.5) is 5.69 Å². The second kappa shape index (κ2) is 8.19. The van der Waals surface area contributed by atoms with Crippen LogP contribution in [0.2, 0.25) is 0 Å². The molecule has 2 rings (SSSR count). The fourth-order valence-corrected chi connectivity index (χ4v) is 2.38. The quantitative estimate of drug-likeness (QED) is 0.799. The number of hydrogen-bond acceptors (Lipinski definition) is 6. The highest BCUT2D eigenvalue weighted by Gasteiger charge is 2.13. The average molecular weight is 333 g/mol. The molecule has 2 aromatic carbocycles. The molecule has 0 aliphatic rings. The molecule has 24 heavy (non-hydrogen) atoms. The zero-order valence-electron chi connectivity index (χ0n) is 14.6. The first-order valence-corrected chi connectivity index (χ1v) is 7.41. The highest BCUT2D eigenvalue weighted by Crippen LogP contribution is 2.40. The third-order valence-electron chi connectivity index (χ3n) is 3.61. The van der Waals surface area contributed by atoms with Crippen LogP contribution in [0.25, 0.3) is 0 Å². The Hall–Kier alpha value is -2.76. The van der Waals surface area contributed by atoms with Gasteiger partial charge < -0.3 is 29.0 Å². The highest BCUT2D eigenvalue weighted by molar-refractivity contribution is 5.62. The zero-order chi connectivity index (χ0) is 17.5. The van der Waals surface area contributed by atoms with Gasteiger partial charge in [0.1, 0.15) is 0 Å². The van der Waals surface area contributed by atoms with Gasteiger partial charge in [-0.3, -0.25) is 0 Å². The SMILES string of the molecule is COc1ccc(CNc2cc(OC)c(OC)c(OC)c2)cc1OC. The van der Waals surface area contributed by atoms with Gasteiger partial charge in [0, 0.05) is 24.4 Å². The molecular formula is C18H23NO5. The highest BCUT2D eigenvalue weighted by atomic mass is 16.5. The summed E-state index contributed by atoms with van der Waals surface area (Å²) in [5.41, 5.74) is 1.92. The van der Waals surface area contributed by atoms with Crippen molar-refractivity contribution in [1.29, 1.82) is 0 Å². The molecule has 0 spiro atoms. The van der Waals surface area contributed by atoms with E-state index < -0.39 is 0 Å². The fourth-order valence-electron chi connectivity index (χ4n) is 2.38. The summed E-state index contributed by atoms with van der Waals surface area (Å²) in [5.74, 6) is 3.17. The van der Waals surface area contributed by atoms with E-state index in [1.54, 1.807) is 35.5 Å². The van der Waals surface area contributed by atoms with Crippen molar-refractivity contribution in [2.24, 2.45) is 0 Å². The summed E-state index contributed by atoms with van der Waals surface area (Å²) in [6.45, 7) is 0.610. The molecule has 0 heterocycles. The lowest BCUT2D eigenvalue weighted by Crippen LogP contribution is -2.02. The maximum absolute atomic E-state index is 5.36. The molecule has 0 aromatic heterocycles. The largest absolute Gasteiger partial charge is 0.493 e. The molecule has 0 radical (unpaired) electrons. The first-order chi connectivity index (χ1) is 11.7. The van der Waals surface area contributed by atoms with Crippen molar-refractivity contribution in [3.63, 3.8) is 0 Å². The maximum Gasteiger partial charge on any atom is 0.203 e. The zero-order valence-corrected chi connectivity index (χ0v) is 14.6. The number of anilines is 1. The van der Waals surface area contributed by atoms with E-state index in [4.69, 9.17) is 23.7 Å². The average Bonchev–Trinajstić information content (AvgIpc) is 2.64. The van der Waals surface area contributed by atoms with Gasteiger partial charge >= 0.3 is 0 Å². The van der Waals surface area contributed by atoms with E-state index in [-0.39, 0.29) is 0 Å². The van der Waals surface area contributed by atoms with Crippen molar-refractivity contribution in [2.75, 3.05) is 40.9 Å². The Morgan fingerprint density at radius 1 is 0.667 bits per heavy atom. The molecule has 6 nitrogen and oxygen atoms in total. The van der Waals surface area contributed by atoms with E-state index in [9.17, 15) is 0 Å². The Kier molecular flexibility index (Phi) is 6.01. The third kappa shape index (κ3) is 3.76. The van der Waals surface area contributed by atoms with Crippen molar-refractivity contribution in [3.8, 4) is 28.7 Å². The Bertz CT molecular complexity index is 662. The monoisotopic (exact) mass is 333 g/mol. The Balaban J connectivity index is 2.20. The molecule has 0 unspecified atom stereocenters. The summed E-state index contributed by atoms with van der Waals surface area (Å²) in [6, 6.07) is 9.52. The second-order valence-electron chi connectivity index (χ2n) is 4.96. The van der Waals surface area contributed by atoms with Gasteiger partial charge in [0.2, 0.25) is 5.75 Å². The van der Waals surface area contributed by atoms with Crippen molar-refractivity contribution in [2.45, 2.75) is 6.54 Å². The molecule has 6 heteroatoms. The molecular weight excluding hydrogens is 310 g/mol. The van der Waals surface area contributed by atoms with Gasteiger partial charge in [-0.05, 0) is 17.7 Å². The van der Waals surface area contributed by atoms with E-state index >= 15 is 0 Å². The van der Waals surface area contributed by atoms with Crippen LogP contribution in [0.15, 0.2) is 30.3 Å². The minimum atomic E-state index is 0.566. The van der Waals surface area contributed by atoms with E-state index in [1.807, 2.05) is 30.3 Å². The predicted molar refractivity (Wildman–Crippen MR) is 93.0 cm³/mol. The van der Waals surface area contributed by atoms with E-state index in [2.05, 4.69) is 5.32 Å². The number of benzene rings is 2. The third-order valence-corrected chi connectivity index (χ3v) is 3.61. The number of hydrogen-bond donors (Lipinski definition) is 1. The van der Waals surface area contributed by atoms with Crippen LogP contribution >= 0.6 is 0 Å². The maximum atomic E-state index is 5.36. The molecule has 0 aliphatic carbocycles. The van der Waals surface area contributed by atoms with Crippen LogP contribution < -0.4 is 29.0 Å². The number of methoxy groups -OCH3 is 5. The summed E-state index contributed by atoms with van der Waals surface area (Å²) in [7, 11) is 8.00. The van der Waals surface area contributed by atoms with Gasteiger partial charge in [-0.2, -0.15) is 0 Å². The van der Waals surface area contributed by atoms with Gasteiger partial charge in [0.25, 0.3) is 0 Å². The Morgan fingerprint density at radius 3 is 1.75 bits per heavy atom. The second-order valence-corrected chi connectivity index (χ2v) is 4.96. The summed E-state index contributed by atoms with van der Waals surface area (Å²) in [4.78, 5) is 0. The van der Waals surface area contributed by atoms with Crippen LogP contribution in [-0.4, -0.2) is 35.5 Å². The molecule has 0 atom stereocenters. The number of ether oxygens (including phenoxy) is 5. The summed E-state index contributed by atoms with van der Waals surface area (Å²) < 4.78 is 26.6. The molecule has 0 saturated carbocycles.